The number of aryl methyl sites for hydroxylation is 4. The standard InChI is InChI=1S/C108H102N4/c1-71-17-49-87(50-18-71)109(88-51-19-72(2)20-52-88)99-69-101(111(91-57-33-79(34-58-91)75-25-41-83(42-26-75)105(5,6)7)92-59-35-80(36-60-92)76-27-43-84(44-28-76)106(8,9)10)97-68-66-96-100(110(89-53-21-73(3)22-54-89)90-55-23-74(4)24-56-90)70-102(98-67-65-95(99)103(97)104(96)98)112(93-61-37-81(38-62-93)77-29-45-85(46-30-77)107(11,12)13)94-63-39-82(40-64-94)78-31-47-86(48-32-78)108(14,15)16/h17-70H,1-16H3. The maximum absolute atomic E-state index is 2.52. The van der Waals surface area contributed by atoms with Gasteiger partial charge in [-0.15, -0.1) is 0 Å². The second-order valence-corrected chi connectivity index (χ2v) is 35.1. The lowest BCUT2D eigenvalue weighted by Crippen LogP contribution is -2.16. The summed E-state index contributed by atoms with van der Waals surface area (Å²) in [5.41, 5.74) is 32.1. The SMILES string of the molecule is Cc1ccc(N(c2ccc(C)cc2)c2cc(N(c3ccc(-c4ccc(C(C)(C)C)cc4)cc3)c3ccc(-c4ccc(C(C)(C)C)cc4)cc3)c3ccc4c(N(c5ccc(C)cc5)c5ccc(C)cc5)cc(N(c5ccc(-c6ccc(C(C)(C)C)cc6)cc5)c5ccc(-c6ccc(C(C)(C)C)cc6)cc5)c5ccc2c3c45)cc1. The quantitative estimate of drug-likeness (QED) is 0.0894. The van der Waals surface area contributed by atoms with E-state index in [4.69, 9.17) is 0 Å². The Morgan fingerprint density at radius 3 is 0.438 bits per heavy atom. The van der Waals surface area contributed by atoms with Gasteiger partial charge in [0.1, 0.15) is 0 Å². The zero-order valence-electron chi connectivity index (χ0n) is 68.0. The summed E-state index contributed by atoms with van der Waals surface area (Å²) in [5.74, 6) is 0. The van der Waals surface area contributed by atoms with Crippen LogP contribution in [0.1, 0.15) is 128 Å². The second-order valence-electron chi connectivity index (χ2n) is 35.1. The smallest absolute Gasteiger partial charge is 0.0561 e. The van der Waals surface area contributed by atoms with Gasteiger partial charge >= 0.3 is 0 Å². The molecule has 4 heteroatoms. The Bertz CT molecular complexity index is 5340. The van der Waals surface area contributed by atoms with E-state index in [9.17, 15) is 0 Å². The van der Waals surface area contributed by atoms with Crippen molar-refractivity contribution in [3.05, 3.63) is 372 Å². The first-order valence-corrected chi connectivity index (χ1v) is 39.8. The van der Waals surface area contributed by atoms with E-state index < -0.39 is 0 Å². The zero-order chi connectivity index (χ0) is 78.1. The van der Waals surface area contributed by atoms with Crippen LogP contribution in [0.25, 0.3) is 76.8 Å². The Morgan fingerprint density at radius 2 is 0.295 bits per heavy atom. The van der Waals surface area contributed by atoms with Crippen molar-refractivity contribution in [2.24, 2.45) is 0 Å². The fourth-order valence-corrected chi connectivity index (χ4v) is 16.0. The molecular weight excluding hydrogens is 1350 g/mol. The van der Waals surface area contributed by atoms with Crippen LogP contribution in [-0.4, -0.2) is 0 Å². The summed E-state index contributed by atoms with van der Waals surface area (Å²) in [6.45, 7) is 36.1. The number of hydrogen-bond donors (Lipinski definition) is 0. The Morgan fingerprint density at radius 1 is 0.161 bits per heavy atom. The highest BCUT2D eigenvalue weighted by Gasteiger charge is 2.31. The minimum absolute atomic E-state index is 0.0332. The molecule has 0 saturated carbocycles. The molecule has 0 unspecified atom stereocenters. The minimum Gasteiger partial charge on any atom is -0.310 e. The second kappa shape index (κ2) is 29.2. The van der Waals surface area contributed by atoms with Crippen molar-refractivity contribution >= 4 is 101 Å². The summed E-state index contributed by atoms with van der Waals surface area (Å²) in [6, 6.07) is 125. The maximum Gasteiger partial charge on any atom is 0.0561 e. The highest BCUT2D eigenvalue weighted by Crippen LogP contribution is 2.56. The van der Waals surface area contributed by atoms with Crippen LogP contribution < -0.4 is 19.6 Å². The van der Waals surface area contributed by atoms with E-state index in [0.29, 0.717) is 0 Å². The maximum atomic E-state index is 2.52. The molecule has 0 saturated heterocycles. The van der Waals surface area contributed by atoms with Crippen LogP contribution >= 0.6 is 0 Å². The molecule has 0 atom stereocenters. The highest BCUT2D eigenvalue weighted by molar-refractivity contribution is 6.33. The predicted octanol–water partition coefficient (Wildman–Crippen LogP) is 31.6. The van der Waals surface area contributed by atoms with Crippen LogP contribution in [0.2, 0.25) is 0 Å². The van der Waals surface area contributed by atoms with Crippen molar-refractivity contribution in [1.29, 1.82) is 0 Å². The molecule has 0 spiro atoms. The normalized spacial score (nSPS) is 12.1. The summed E-state index contributed by atoms with van der Waals surface area (Å²) in [7, 11) is 0. The van der Waals surface area contributed by atoms with Gasteiger partial charge in [0, 0.05) is 77.8 Å². The molecule has 0 aliphatic rings. The minimum atomic E-state index is 0.0332. The van der Waals surface area contributed by atoms with E-state index in [1.54, 1.807) is 0 Å². The molecule has 4 nitrogen and oxygen atoms in total. The summed E-state index contributed by atoms with van der Waals surface area (Å²) in [4.78, 5) is 10.0. The molecule has 0 heterocycles. The molecule has 554 valence electrons. The number of benzene rings is 16. The predicted molar refractivity (Wildman–Crippen MR) is 484 cm³/mol. The summed E-state index contributed by atoms with van der Waals surface area (Å²) in [6.07, 6.45) is 0. The summed E-state index contributed by atoms with van der Waals surface area (Å²) >= 11 is 0. The largest absolute Gasteiger partial charge is 0.310 e. The van der Waals surface area contributed by atoms with Crippen molar-refractivity contribution in [2.75, 3.05) is 19.6 Å². The molecule has 112 heavy (non-hydrogen) atoms. The lowest BCUT2D eigenvalue weighted by molar-refractivity contribution is 0.590. The molecule has 16 rings (SSSR count). The lowest BCUT2D eigenvalue weighted by atomic mass is 9.86. The van der Waals surface area contributed by atoms with Crippen LogP contribution in [0.4, 0.5) is 68.2 Å². The molecule has 0 fully saturated rings. The van der Waals surface area contributed by atoms with Gasteiger partial charge < -0.3 is 19.6 Å². The summed E-state index contributed by atoms with van der Waals surface area (Å²) < 4.78 is 0. The average molecular weight is 1460 g/mol. The molecule has 16 aromatic rings. The van der Waals surface area contributed by atoms with Gasteiger partial charge in [-0.1, -0.05) is 324 Å². The molecule has 0 amide bonds. The van der Waals surface area contributed by atoms with Crippen LogP contribution in [-0.2, 0) is 21.7 Å². The Kier molecular flexibility index (Phi) is 19.3. The first-order chi connectivity index (χ1) is 53.7. The van der Waals surface area contributed by atoms with E-state index >= 15 is 0 Å². The number of rotatable bonds is 16. The topological polar surface area (TPSA) is 13.0 Å². The number of nitrogens with zero attached hydrogens (tertiary/aromatic N) is 4. The molecule has 16 aromatic carbocycles. The molecule has 0 bridgehead atoms. The Balaban J connectivity index is 1.02. The monoisotopic (exact) mass is 1450 g/mol. The van der Waals surface area contributed by atoms with Crippen molar-refractivity contribution in [1.82, 2.24) is 0 Å². The summed E-state index contributed by atoms with van der Waals surface area (Å²) in [5, 5.41) is 6.78. The molecule has 0 aliphatic carbocycles. The molecular formula is C108H102N4. The third-order valence-corrected chi connectivity index (χ3v) is 22.8. The van der Waals surface area contributed by atoms with E-state index in [-0.39, 0.29) is 21.7 Å². The lowest BCUT2D eigenvalue weighted by Gasteiger charge is -2.34. The van der Waals surface area contributed by atoms with Gasteiger partial charge in [0.05, 0.1) is 22.7 Å². The van der Waals surface area contributed by atoms with E-state index in [1.807, 2.05) is 0 Å². The van der Waals surface area contributed by atoms with Crippen molar-refractivity contribution in [3.63, 3.8) is 0 Å². The Labute approximate surface area is 664 Å². The van der Waals surface area contributed by atoms with Crippen LogP contribution in [0, 0.1) is 27.7 Å². The fraction of sp³-hybridized carbons (Fsp3) is 0.185. The van der Waals surface area contributed by atoms with Crippen LogP contribution in [0.3, 0.4) is 0 Å². The first-order valence-electron chi connectivity index (χ1n) is 39.8. The molecule has 0 aliphatic heterocycles. The van der Waals surface area contributed by atoms with Crippen LogP contribution in [0.15, 0.2) is 328 Å². The van der Waals surface area contributed by atoms with Crippen molar-refractivity contribution in [3.8, 4) is 44.5 Å². The van der Waals surface area contributed by atoms with Crippen molar-refractivity contribution < 1.29 is 0 Å². The van der Waals surface area contributed by atoms with Gasteiger partial charge in [0.15, 0.2) is 0 Å². The van der Waals surface area contributed by atoms with Gasteiger partial charge in [-0.3, -0.25) is 0 Å². The van der Waals surface area contributed by atoms with E-state index in [0.717, 1.165) is 123 Å². The highest BCUT2D eigenvalue weighted by atomic mass is 15.2. The van der Waals surface area contributed by atoms with Gasteiger partial charge in [-0.2, -0.15) is 0 Å². The van der Waals surface area contributed by atoms with E-state index in [2.05, 4.69) is 458 Å². The molecule has 0 N–H and O–H groups in total. The first kappa shape index (κ1) is 73.9. The van der Waals surface area contributed by atoms with Gasteiger partial charge in [-0.25, -0.2) is 0 Å². The molecule has 0 aromatic heterocycles. The number of hydrogen-bond acceptors (Lipinski definition) is 4. The van der Waals surface area contributed by atoms with Gasteiger partial charge in [-0.05, 0) is 225 Å². The average Bonchev–Trinajstić information content (AvgIpc) is 0.699. The third-order valence-electron chi connectivity index (χ3n) is 22.8. The number of anilines is 12. The van der Waals surface area contributed by atoms with Crippen LogP contribution in [0.5, 0.6) is 0 Å². The fourth-order valence-electron chi connectivity index (χ4n) is 16.0. The van der Waals surface area contributed by atoms with Crippen molar-refractivity contribution in [2.45, 2.75) is 132 Å². The van der Waals surface area contributed by atoms with Gasteiger partial charge in [0.2, 0.25) is 0 Å². The third kappa shape index (κ3) is 14.7. The Hall–Kier alpha value is -12.2. The van der Waals surface area contributed by atoms with Gasteiger partial charge in [0.25, 0.3) is 0 Å². The zero-order valence-corrected chi connectivity index (χ0v) is 68.0. The molecule has 0 radical (unpaired) electrons. The van der Waals surface area contributed by atoms with E-state index in [1.165, 1.54) is 66.8 Å².